The minimum atomic E-state index is 0. The van der Waals surface area contributed by atoms with Gasteiger partial charge in [-0.1, -0.05) is 144 Å². The predicted molar refractivity (Wildman–Crippen MR) is 191 cm³/mol. The van der Waals surface area contributed by atoms with Crippen LogP contribution in [-0.2, 0) is 26.2 Å². The zero-order chi connectivity index (χ0) is 28.1. The van der Waals surface area contributed by atoms with E-state index >= 15 is 0 Å². The summed E-state index contributed by atoms with van der Waals surface area (Å²) in [7, 11) is 0. The van der Waals surface area contributed by atoms with Crippen LogP contribution in [0.3, 0.4) is 0 Å². The minimum Gasteiger partial charge on any atom is -0.272 e. The number of benzene rings is 4. The normalized spacial score (nSPS) is 10.1. The van der Waals surface area contributed by atoms with Gasteiger partial charge in [0.25, 0.3) is 0 Å². The Morgan fingerprint density at radius 3 is 1.16 bits per heavy atom. The fraction of sp³-hybridized carbons (Fsp3) is 0. The van der Waals surface area contributed by atoms with Crippen LogP contribution in [0.1, 0.15) is 0 Å². The molecule has 0 aliphatic carbocycles. The van der Waals surface area contributed by atoms with Crippen molar-refractivity contribution in [2.45, 2.75) is 0 Å². The van der Waals surface area contributed by atoms with E-state index < -0.39 is 0 Å². The van der Waals surface area contributed by atoms with Gasteiger partial charge in [-0.25, -0.2) is 0 Å². The van der Waals surface area contributed by atoms with Gasteiger partial charge < -0.3 is 0 Å². The first-order chi connectivity index (χ1) is 20.9. The number of nitrogens with zero attached hydrogens (tertiary/aromatic N) is 2. The summed E-state index contributed by atoms with van der Waals surface area (Å²) in [6, 6.07) is 54.8. The van der Waals surface area contributed by atoms with Crippen molar-refractivity contribution in [2.24, 2.45) is 0 Å². The van der Waals surface area contributed by atoms with Gasteiger partial charge in [0, 0.05) is 23.8 Å². The van der Waals surface area contributed by atoms with Gasteiger partial charge in [0.2, 0.25) is 0 Å². The van der Waals surface area contributed by atoms with Gasteiger partial charge in [-0.3, -0.25) is 9.97 Å². The summed E-state index contributed by atoms with van der Waals surface area (Å²) in [4.78, 5) is 8.95. The molecule has 0 fully saturated rings. The van der Waals surface area contributed by atoms with Crippen molar-refractivity contribution in [1.29, 1.82) is 0 Å². The van der Waals surface area contributed by atoms with Crippen molar-refractivity contribution >= 4 is 46.4 Å². The second-order valence-electron chi connectivity index (χ2n) is 10.2. The summed E-state index contributed by atoms with van der Waals surface area (Å²) in [5.41, 5.74) is 9.50. The van der Waals surface area contributed by atoms with Crippen LogP contribution in [0, 0.1) is 0 Å². The molecular weight excluding hydrogens is 671 g/mol. The Labute approximate surface area is 295 Å². The molecule has 0 aliphatic rings. The summed E-state index contributed by atoms with van der Waals surface area (Å²) in [5.74, 6) is 0. The van der Waals surface area contributed by atoms with E-state index in [1.54, 1.807) is 0 Å². The summed E-state index contributed by atoms with van der Waals surface area (Å²) in [5, 5.41) is 5.08. The van der Waals surface area contributed by atoms with Crippen molar-refractivity contribution < 1.29 is 26.2 Å². The maximum atomic E-state index is 4.47. The molecule has 0 saturated heterocycles. The van der Waals surface area contributed by atoms with Crippen LogP contribution in [-0.4, -0.2) is 9.97 Å². The number of rotatable bonds is 4. The molecule has 2 heterocycles. The quantitative estimate of drug-likeness (QED) is 0.171. The number of pyridine rings is 2. The van der Waals surface area contributed by atoms with Crippen LogP contribution in [0.25, 0.3) is 66.3 Å². The van der Waals surface area contributed by atoms with Crippen molar-refractivity contribution in [3.8, 4) is 44.8 Å². The minimum absolute atomic E-state index is 0. The number of hydrogen-bond acceptors (Lipinski definition) is 2. The average Bonchev–Trinajstić information content (AvgIpc) is 3.72. The molecule has 6 aromatic carbocycles. The van der Waals surface area contributed by atoms with E-state index in [1.807, 2.05) is 48.8 Å². The Balaban J connectivity index is 0.000000192. The molecule has 2 aromatic heterocycles. The second-order valence-corrected chi connectivity index (χ2v) is 10.2. The average molecular weight is 701 g/mol. The van der Waals surface area contributed by atoms with Gasteiger partial charge >= 0.3 is 26.2 Å². The van der Waals surface area contributed by atoms with Crippen LogP contribution >= 0.6 is 24.8 Å². The van der Waals surface area contributed by atoms with Gasteiger partial charge in [0.1, 0.15) is 0 Å². The van der Waals surface area contributed by atoms with Crippen molar-refractivity contribution in [1.82, 2.24) is 9.97 Å². The molecule has 0 N–H and O–H groups in total. The summed E-state index contributed by atoms with van der Waals surface area (Å²) >= 11 is 0. The van der Waals surface area contributed by atoms with E-state index in [-0.39, 0.29) is 51.0 Å². The third-order valence-corrected chi connectivity index (χ3v) is 7.68. The van der Waals surface area contributed by atoms with E-state index in [0.29, 0.717) is 0 Å². The molecule has 0 atom stereocenters. The van der Waals surface area contributed by atoms with Crippen molar-refractivity contribution in [3.05, 3.63) is 170 Å². The van der Waals surface area contributed by atoms with Crippen LogP contribution in [0.15, 0.2) is 170 Å². The fourth-order valence-corrected chi connectivity index (χ4v) is 5.70. The summed E-state index contributed by atoms with van der Waals surface area (Å²) < 4.78 is 0. The molecule has 0 unspecified atom stereocenters. The molecule has 0 amide bonds. The number of hydrogen-bond donors (Lipinski definition) is 0. The second kappa shape index (κ2) is 15.7. The van der Waals surface area contributed by atoms with Gasteiger partial charge in [-0.05, 0) is 11.1 Å². The molecule has 8 aromatic rings. The first-order valence-corrected chi connectivity index (χ1v) is 14.2. The number of fused-ring (bicyclic) bond motifs is 2. The van der Waals surface area contributed by atoms with Crippen molar-refractivity contribution in [2.75, 3.05) is 0 Å². The Morgan fingerprint density at radius 2 is 0.778 bits per heavy atom. The molecule has 218 valence electrons. The summed E-state index contributed by atoms with van der Waals surface area (Å²) in [6.07, 6.45) is 3.68. The SMILES string of the molecule is Cl.Cl.[Zr+2].c1ccc(-c2cccc3c2cc[c-]3-c2ccccn2)cc1.c1ccc(-c2cccc3c2cc[c-]3-c2ccccn2)cc1. The predicted octanol–water partition coefficient (Wildman–Crippen LogP) is 11.4. The Kier molecular flexibility index (Phi) is 11.8. The van der Waals surface area contributed by atoms with Crippen molar-refractivity contribution in [3.63, 3.8) is 0 Å². The molecule has 8 rings (SSSR count). The maximum absolute atomic E-state index is 4.47. The third kappa shape index (κ3) is 7.08. The fourth-order valence-electron chi connectivity index (χ4n) is 5.70. The van der Waals surface area contributed by atoms with Crippen LogP contribution in [0.4, 0.5) is 0 Å². The molecule has 0 aliphatic heterocycles. The largest absolute Gasteiger partial charge is 2.00 e. The number of halogens is 2. The zero-order valence-electron chi connectivity index (χ0n) is 24.4. The Hall–Kier alpha value is -4.14. The van der Waals surface area contributed by atoms with Gasteiger partial charge in [-0.2, -0.15) is 0 Å². The standard InChI is InChI=1S/2C20H14N.2ClH.Zr/c2*1-2-7-15(8-3-1)16-9-6-10-17-18(16)12-13-19(17)20-11-4-5-14-21-20;;;/h2*1-14H;2*1H;/q2*-1;;;+2. The Bertz CT molecular complexity index is 1920. The maximum Gasteiger partial charge on any atom is 2.00 e. The van der Waals surface area contributed by atoms with E-state index in [0.717, 1.165) is 11.4 Å². The first-order valence-electron chi connectivity index (χ1n) is 14.2. The molecule has 45 heavy (non-hydrogen) atoms. The molecule has 0 spiro atoms. The number of aromatic nitrogens is 2. The molecule has 0 radical (unpaired) electrons. The van der Waals surface area contributed by atoms with Gasteiger partial charge in [0.05, 0.1) is 0 Å². The van der Waals surface area contributed by atoms with Crippen LogP contribution in [0.2, 0.25) is 0 Å². The molecule has 0 saturated carbocycles. The molecule has 5 heteroatoms. The van der Waals surface area contributed by atoms with E-state index in [9.17, 15) is 0 Å². The molecule has 2 nitrogen and oxygen atoms in total. The Morgan fingerprint density at radius 1 is 0.378 bits per heavy atom. The van der Waals surface area contributed by atoms with E-state index in [4.69, 9.17) is 0 Å². The third-order valence-electron chi connectivity index (χ3n) is 7.68. The van der Waals surface area contributed by atoms with Crippen LogP contribution < -0.4 is 0 Å². The monoisotopic (exact) mass is 698 g/mol. The van der Waals surface area contributed by atoms with Gasteiger partial charge in [0.15, 0.2) is 0 Å². The molecule has 0 bridgehead atoms. The first kappa shape index (κ1) is 33.8. The smallest absolute Gasteiger partial charge is 0.272 e. The van der Waals surface area contributed by atoms with Crippen LogP contribution in [0.5, 0.6) is 0 Å². The topological polar surface area (TPSA) is 25.8 Å². The van der Waals surface area contributed by atoms with E-state index in [2.05, 4.69) is 131 Å². The van der Waals surface area contributed by atoms with Gasteiger partial charge in [-0.15, -0.1) is 82.8 Å². The van der Waals surface area contributed by atoms with E-state index in [1.165, 1.54) is 54.9 Å². The zero-order valence-corrected chi connectivity index (χ0v) is 28.5. The molecular formula is C40H30Cl2N2Zr. The summed E-state index contributed by atoms with van der Waals surface area (Å²) in [6.45, 7) is 0.